The second-order valence-corrected chi connectivity index (χ2v) is 5.40. The number of para-hydroxylation sites is 1. The van der Waals surface area contributed by atoms with Gasteiger partial charge < -0.3 is 5.32 Å². The number of carbonyl (C=O) groups excluding carboxylic acids is 1. The summed E-state index contributed by atoms with van der Waals surface area (Å²) in [4.78, 5) is 14.0. The Kier molecular flexibility index (Phi) is 3.55. The van der Waals surface area contributed by atoms with Crippen LogP contribution in [0.1, 0.15) is 5.56 Å². The highest BCUT2D eigenvalue weighted by atomic mass is 35.5. The van der Waals surface area contributed by atoms with E-state index in [9.17, 15) is 4.79 Å². The Labute approximate surface area is 127 Å². The van der Waals surface area contributed by atoms with E-state index < -0.39 is 0 Å². The first-order valence-electron chi connectivity index (χ1n) is 6.26. The lowest BCUT2D eigenvalue weighted by Crippen LogP contribution is -2.33. The van der Waals surface area contributed by atoms with Crippen LogP contribution in [0, 0.1) is 0 Å². The lowest BCUT2D eigenvalue weighted by atomic mass is 10.2. The van der Waals surface area contributed by atoms with E-state index in [0.717, 1.165) is 12.1 Å². The molecule has 1 N–H and O–H groups in total. The highest BCUT2D eigenvalue weighted by molar-refractivity contribution is 6.42. The normalized spacial score (nSPS) is 13.2. The molecule has 0 fully saturated rings. The fourth-order valence-corrected chi connectivity index (χ4v) is 2.61. The van der Waals surface area contributed by atoms with Gasteiger partial charge in [-0.15, -0.1) is 0 Å². The van der Waals surface area contributed by atoms with Crippen LogP contribution < -0.4 is 10.2 Å². The van der Waals surface area contributed by atoms with Crippen LogP contribution in [0.3, 0.4) is 0 Å². The molecule has 0 bridgehead atoms. The molecule has 1 heterocycles. The summed E-state index contributed by atoms with van der Waals surface area (Å²) >= 11 is 11.8. The van der Waals surface area contributed by atoms with E-state index in [2.05, 4.69) is 5.32 Å². The summed E-state index contributed by atoms with van der Waals surface area (Å²) in [5, 5.41) is 3.73. The van der Waals surface area contributed by atoms with Crippen molar-refractivity contribution in [3.63, 3.8) is 0 Å². The Morgan fingerprint density at radius 2 is 1.90 bits per heavy atom. The van der Waals surface area contributed by atoms with Gasteiger partial charge in [0.2, 0.25) is 0 Å². The zero-order chi connectivity index (χ0) is 14.1. The Hall–Kier alpha value is -1.71. The van der Waals surface area contributed by atoms with Gasteiger partial charge in [0, 0.05) is 17.9 Å². The molecule has 2 aromatic carbocycles. The number of halogens is 2. The van der Waals surface area contributed by atoms with Gasteiger partial charge in [-0.05, 0) is 36.2 Å². The largest absolute Gasteiger partial charge is 0.326 e. The van der Waals surface area contributed by atoms with Gasteiger partial charge >= 0.3 is 6.03 Å². The molecule has 3 rings (SSSR count). The molecule has 5 heteroatoms. The Bertz CT molecular complexity index is 673. The summed E-state index contributed by atoms with van der Waals surface area (Å²) in [6.45, 7) is 0.687. The molecule has 0 atom stereocenters. The summed E-state index contributed by atoms with van der Waals surface area (Å²) in [7, 11) is 0. The number of urea groups is 1. The molecule has 0 spiro atoms. The van der Waals surface area contributed by atoms with Crippen molar-refractivity contribution in [2.24, 2.45) is 0 Å². The van der Waals surface area contributed by atoms with Gasteiger partial charge in [0.25, 0.3) is 0 Å². The first kappa shape index (κ1) is 13.3. The molecule has 20 heavy (non-hydrogen) atoms. The highest BCUT2D eigenvalue weighted by Gasteiger charge is 2.24. The first-order chi connectivity index (χ1) is 9.65. The molecule has 0 saturated carbocycles. The number of hydrogen-bond donors (Lipinski definition) is 1. The number of fused-ring (bicyclic) bond motifs is 1. The third-order valence-electron chi connectivity index (χ3n) is 3.30. The van der Waals surface area contributed by atoms with E-state index in [1.807, 2.05) is 24.3 Å². The number of benzene rings is 2. The van der Waals surface area contributed by atoms with Crippen LogP contribution in [0.15, 0.2) is 42.5 Å². The third kappa shape index (κ3) is 2.47. The fourth-order valence-electron chi connectivity index (χ4n) is 2.31. The van der Waals surface area contributed by atoms with E-state index in [-0.39, 0.29) is 6.03 Å². The molecular weight excluding hydrogens is 295 g/mol. The van der Waals surface area contributed by atoms with Gasteiger partial charge in [-0.1, -0.05) is 41.4 Å². The maximum atomic E-state index is 12.3. The maximum Gasteiger partial charge on any atom is 0.326 e. The average molecular weight is 307 g/mol. The van der Waals surface area contributed by atoms with Crippen molar-refractivity contribution >= 4 is 40.6 Å². The predicted octanol–water partition coefficient (Wildman–Crippen LogP) is 4.59. The lowest BCUT2D eigenvalue weighted by molar-refractivity contribution is 0.257. The summed E-state index contributed by atoms with van der Waals surface area (Å²) in [6.07, 6.45) is 0.880. The van der Waals surface area contributed by atoms with Crippen molar-refractivity contribution in [1.82, 2.24) is 0 Å². The van der Waals surface area contributed by atoms with Gasteiger partial charge in [0.15, 0.2) is 0 Å². The second-order valence-electron chi connectivity index (χ2n) is 4.59. The monoisotopic (exact) mass is 306 g/mol. The minimum atomic E-state index is -0.159. The SMILES string of the molecule is O=C(Nc1ccc(Cl)c(Cl)c1)N1CCc2ccccc21. The second kappa shape index (κ2) is 5.35. The van der Waals surface area contributed by atoms with E-state index >= 15 is 0 Å². The number of anilines is 2. The topological polar surface area (TPSA) is 32.3 Å². The van der Waals surface area contributed by atoms with Crippen LogP contribution in [0.25, 0.3) is 0 Å². The lowest BCUT2D eigenvalue weighted by Gasteiger charge is -2.18. The van der Waals surface area contributed by atoms with Crippen molar-refractivity contribution in [2.45, 2.75) is 6.42 Å². The zero-order valence-corrected chi connectivity index (χ0v) is 12.1. The van der Waals surface area contributed by atoms with Crippen molar-refractivity contribution in [3.05, 3.63) is 58.1 Å². The van der Waals surface area contributed by atoms with Crippen molar-refractivity contribution < 1.29 is 4.79 Å². The van der Waals surface area contributed by atoms with Crippen LogP contribution in [0.5, 0.6) is 0 Å². The van der Waals surface area contributed by atoms with Crippen LogP contribution in [-0.4, -0.2) is 12.6 Å². The van der Waals surface area contributed by atoms with Gasteiger partial charge in [-0.3, -0.25) is 4.90 Å². The van der Waals surface area contributed by atoms with Gasteiger partial charge in [-0.25, -0.2) is 4.79 Å². The van der Waals surface area contributed by atoms with E-state index in [0.29, 0.717) is 22.3 Å². The summed E-state index contributed by atoms with van der Waals surface area (Å²) in [5.74, 6) is 0. The third-order valence-corrected chi connectivity index (χ3v) is 4.04. The van der Waals surface area contributed by atoms with Crippen LogP contribution in [0.2, 0.25) is 10.0 Å². The molecule has 1 aliphatic rings. The smallest absolute Gasteiger partial charge is 0.307 e. The Balaban J connectivity index is 1.79. The number of nitrogens with zero attached hydrogens (tertiary/aromatic N) is 1. The molecule has 0 unspecified atom stereocenters. The number of carbonyl (C=O) groups is 1. The molecule has 2 aromatic rings. The average Bonchev–Trinajstić information content (AvgIpc) is 2.87. The van der Waals surface area contributed by atoms with E-state index in [1.165, 1.54) is 5.56 Å². The Morgan fingerprint density at radius 3 is 2.70 bits per heavy atom. The Morgan fingerprint density at radius 1 is 1.10 bits per heavy atom. The van der Waals surface area contributed by atoms with Crippen molar-refractivity contribution in [3.8, 4) is 0 Å². The van der Waals surface area contributed by atoms with Crippen molar-refractivity contribution in [2.75, 3.05) is 16.8 Å². The van der Waals surface area contributed by atoms with Gasteiger partial charge in [0.1, 0.15) is 0 Å². The number of hydrogen-bond acceptors (Lipinski definition) is 1. The number of rotatable bonds is 1. The minimum Gasteiger partial charge on any atom is -0.307 e. The molecule has 0 radical (unpaired) electrons. The van der Waals surface area contributed by atoms with E-state index in [1.54, 1.807) is 23.1 Å². The van der Waals surface area contributed by atoms with Crippen LogP contribution in [-0.2, 0) is 6.42 Å². The van der Waals surface area contributed by atoms with Gasteiger partial charge in [-0.2, -0.15) is 0 Å². The number of nitrogens with one attached hydrogen (secondary N) is 1. The summed E-state index contributed by atoms with van der Waals surface area (Å²) in [6, 6.07) is 12.8. The van der Waals surface area contributed by atoms with Crippen molar-refractivity contribution in [1.29, 1.82) is 0 Å². The van der Waals surface area contributed by atoms with Gasteiger partial charge in [0.05, 0.1) is 10.0 Å². The minimum absolute atomic E-state index is 0.159. The number of amides is 2. The maximum absolute atomic E-state index is 12.3. The molecule has 1 aliphatic heterocycles. The molecule has 102 valence electrons. The molecule has 2 amide bonds. The molecular formula is C15H12Cl2N2O. The van der Waals surface area contributed by atoms with E-state index in [4.69, 9.17) is 23.2 Å². The summed E-state index contributed by atoms with van der Waals surface area (Å²) < 4.78 is 0. The van der Waals surface area contributed by atoms with Crippen LogP contribution >= 0.6 is 23.2 Å². The van der Waals surface area contributed by atoms with Crippen LogP contribution in [0.4, 0.5) is 16.2 Å². The first-order valence-corrected chi connectivity index (χ1v) is 7.02. The quantitative estimate of drug-likeness (QED) is 0.821. The molecule has 0 aromatic heterocycles. The predicted molar refractivity (Wildman–Crippen MR) is 83.0 cm³/mol. The summed E-state index contributed by atoms with van der Waals surface area (Å²) in [5.41, 5.74) is 2.79. The fraction of sp³-hybridized carbons (Fsp3) is 0.133. The standard InChI is InChI=1S/C15H12Cl2N2O/c16-12-6-5-11(9-13(12)17)18-15(20)19-8-7-10-3-1-2-4-14(10)19/h1-6,9H,7-8H2,(H,18,20). The molecule has 0 saturated heterocycles. The molecule has 0 aliphatic carbocycles. The molecule has 3 nitrogen and oxygen atoms in total. The highest BCUT2D eigenvalue weighted by Crippen LogP contribution is 2.29. The zero-order valence-electron chi connectivity index (χ0n) is 10.6.